The Morgan fingerprint density at radius 3 is 2.42 bits per heavy atom. The van der Waals surface area contributed by atoms with E-state index in [-0.39, 0.29) is 12.3 Å². The van der Waals surface area contributed by atoms with E-state index in [9.17, 15) is 9.59 Å². The van der Waals surface area contributed by atoms with Crippen LogP contribution in [0, 0.1) is 17.8 Å². The fourth-order valence-electron chi connectivity index (χ4n) is 2.84. The monoisotopic (exact) mass is 267 g/mol. The van der Waals surface area contributed by atoms with E-state index in [0.717, 1.165) is 51.0 Å². The first kappa shape index (κ1) is 14.4. The fourth-order valence-corrected chi connectivity index (χ4v) is 2.84. The van der Waals surface area contributed by atoms with Crippen LogP contribution in [0.1, 0.15) is 57.8 Å². The van der Waals surface area contributed by atoms with E-state index >= 15 is 0 Å². The second-order valence-electron chi connectivity index (χ2n) is 6.05. The zero-order chi connectivity index (χ0) is 13.7. The van der Waals surface area contributed by atoms with E-state index in [4.69, 9.17) is 5.11 Å². The number of hydrogen-bond donors (Lipinski definition) is 2. The fraction of sp³-hybridized carbons (Fsp3) is 0.867. The Balaban J connectivity index is 1.38. The number of amides is 1. The van der Waals surface area contributed by atoms with Gasteiger partial charge in [0.1, 0.15) is 0 Å². The molecule has 108 valence electrons. The van der Waals surface area contributed by atoms with Gasteiger partial charge in [-0.15, -0.1) is 0 Å². The lowest BCUT2D eigenvalue weighted by molar-refractivity contribution is -0.137. The normalized spacial score (nSPS) is 25.1. The minimum Gasteiger partial charge on any atom is -0.481 e. The van der Waals surface area contributed by atoms with Crippen molar-refractivity contribution in [3.63, 3.8) is 0 Å². The summed E-state index contributed by atoms with van der Waals surface area (Å²) in [6.07, 6.45) is 8.98. The largest absolute Gasteiger partial charge is 0.481 e. The van der Waals surface area contributed by atoms with Crippen molar-refractivity contribution in [3.8, 4) is 0 Å². The molecule has 2 saturated carbocycles. The van der Waals surface area contributed by atoms with Gasteiger partial charge < -0.3 is 10.4 Å². The molecule has 19 heavy (non-hydrogen) atoms. The Morgan fingerprint density at radius 2 is 1.74 bits per heavy atom. The van der Waals surface area contributed by atoms with Crippen LogP contribution in [0.4, 0.5) is 0 Å². The highest BCUT2D eigenvalue weighted by molar-refractivity contribution is 5.81. The number of nitrogens with one attached hydrogen (secondary N) is 1. The summed E-state index contributed by atoms with van der Waals surface area (Å²) in [4.78, 5) is 22.1. The van der Waals surface area contributed by atoms with Gasteiger partial charge in [-0.3, -0.25) is 9.59 Å². The van der Waals surface area contributed by atoms with E-state index in [1.165, 1.54) is 12.8 Å². The Kier molecular flexibility index (Phi) is 5.23. The predicted octanol–water partition coefficient (Wildman–Crippen LogP) is 2.57. The molecule has 2 fully saturated rings. The smallest absolute Gasteiger partial charge is 0.303 e. The van der Waals surface area contributed by atoms with Crippen LogP contribution >= 0.6 is 0 Å². The molecule has 0 saturated heterocycles. The van der Waals surface area contributed by atoms with Crippen LogP contribution in [0.3, 0.4) is 0 Å². The molecule has 2 aliphatic carbocycles. The van der Waals surface area contributed by atoms with Crippen LogP contribution < -0.4 is 5.32 Å². The van der Waals surface area contributed by atoms with Gasteiger partial charge in [-0.05, 0) is 43.9 Å². The van der Waals surface area contributed by atoms with Crippen molar-refractivity contribution in [2.75, 3.05) is 6.54 Å². The molecule has 0 spiro atoms. The zero-order valence-electron chi connectivity index (χ0n) is 11.6. The van der Waals surface area contributed by atoms with Gasteiger partial charge in [0.25, 0.3) is 0 Å². The summed E-state index contributed by atoms with van der Waals surface area (Å²) < 4.78 is 0. The maximum absolute atomic E-state index is 11.8. The van der Waals surface area contributed by atoms with E-state index < -0.39 is 5.97 Å². The van der Waals surface area contributed by atoms with Crippen LogP contribution in [-0.4, -0.2) is 23.5 Å². The number of carboxylic acids is 1. The first-order chi connectivity index (χ1) is 9.18. The lowest BCUT2D eigenvalue weighted by Gasteiger charge is -2.04. The van der Waals surface area contributed by atoms with Crippen molar-refractivity contribution in [2.45, 2.75) is 57.8 Å². The summed E-state index contributed by atoms with van der Waals surface area (Å²) in [5, 5.41) is 11.5. The molecule has 1 amide bonds. The first-order valence-corrected chi connectivity index (χ1v) is 7.68. The third-order valence-electron chi connectivity index (χ3n) is 4.27. The number of unbranched alkanes of at least 4 members (excludes halogenated alkanes) is 4. The molecule has 0 aromatic rings. The van der Waals surface area contributed by atoms with Gasteiger partial charge in [-0.25, -0.2) is 0 Å². The van der Waals surface area contributed by atoms with Gasteiger partial charge in [0.05, 0.1) is 0 Å². The van der Waals surface area contributed by atoms with Gasteiger partial charge in [0, 0.05) is 18.9 Å². The van der Waals surface area contributed by atoms with Crippen molar-refractivity contribution in [3.05, 3.63) is 0 Å². The SMILES string of the molecule is O=C(O)CCCCCCCNC(=O)C1CC1C1CC1. The average Bonchev–Trinajstić information content (AvgIpc) is 3.23. The summed E-state index contributed by atoms with van der Waals surface area (Å²) in [5.74, 6) is 1.45. The second kappa shape index (κ2) is 6.92. The Hall–Kier alpha value is -1.06. The number of rotatable bonds is 10. The van der Waals surface area contributed by atoms with Crippen molar-refractivity contribution >= 4 is 11.9 Å². The lowest BCUT2D eigenvalue weighted by Crippen LogP contribution is -2.26. The van der Waals surface area contributed by atoms with E-state index in [0.29, 0.717) is 11.8 Å². The molecular formula is C15H25NO3. The molecule has 2 aliphatic rings. The number of carboxylic acid groups (broad SMARTS) is 1. The van der Waals surface area contributed by atoms with Gasteiger partial charge in [-0.1, -0.05) is 19.3 Å². The molecule has 0 bridgehead atoms. The Bertz CT molecular complexity index is 325. The molecule has 0 radical (unpaired) electrons. The lowest BCUT2D eigenvalue weighted by atomic mass is 10.1. The van der Waals surface area contributed by atoms with Crippen molar-refractivity contribution in [1.82, 2.24) is 5.32 Å². The molecule has 4 heteroatoms. The molecule has 0 aromatic carbocycles. The third kappa shape index (κ3) is 5.21. The van der Waals surface area contributed by atoms with Crippen LogP contribution in [0.2, 0.25) is 0 Å². The van der Waals surface area contributed by atoms with Gasteiger partial charge >= 0.3 is 5.97 Å². The van der Waals surface area contributed by atoms with Gasteiger partial charge in [0.2, 0.25) is 5.91 Å². The molecule has 0 aliphatic heterocycles. The zero-order valence-corrected chi connectivity index (χ0v) is 11.6. The highest BCUT2D eigenvalue weighted by atomic mass is 16.4. The molecule has 0 heterocycles. The summed E-state index contributed by atoms with van der Waals surface area (Å²) in [6.45, 7) is 0.783. The Morgan fingerprint density at radius 1 is 1.05 bits per heavy atom. The molecule has 2 unspecified atom stereocenters. The summed E-state index contributed by atoms with van der Waals surface area (Å²) in [6, 6.07) is 0. The van der Waals surface area contributed by atoms with Crippen molar-refractivity contribution in [1.29, 1.82) is 0 Å². The molecule has 4 nitrogen and oxygen atoms in total. The highest BCUT2D eigenvalue weighted by Crippen LogP contribution is 2.54. The minimum absolute atomic E-state index is 0.266. The molecular weight excluding hydrogens is 242 g/mol. The van der Waals surface area contributed by atoms with Crippen LogP contribution in [0.25, 0.3) is 0 Å². The Labute approximate surface area is 115 Å². The van der Waals surface area contributed by atoms with Gasteiger partial charge in [-0.2, -0.15) is 0 Å². The highest BCUT2D eigenvalue weighted by Gasteiger charge is 2.50. The van der Waals surface area contributed by atoms with Gasteiger partial charge in [0.15, 0.2) is 0 Å². The van der Waals surface area contributed by atoms with Crippen LogP contribution in [0.15, 0.2) is 0 Å². The third-order valence-corrected chi connectivity index (χ3v) is 4.27. The number of carbonyl (C=O) groups excluding carboxylic acids is 1. The van der Waals surface area contributed by atoms with E-state index in [1.807, 2.05) is 0 Å². The molecule has 0 aromatic heterocycles. The predicted molar refractivity (Wildman–Crippen MR) is 72.7 cm³/mol. The maximum atomic E-state index is 11.8. The minimum atomic E-state index is -0.707. The van der Waals surface area contributed by atoms with E-state index in [1.54, 1.807) is 0 Å². The summed E-state index contributed by atoms with van der Waals surface area (Å²) in [5.41, 5.74) is 0. The molecule has 2 atom stereocenters. The number of carbonyl (C=O) groups is 2. The summed E-state index contributed by atoms with van der Waals surface area (Å²) >= 11 is 0. The second-order valence-corrected chi connectivity index (χ2v) is 6.05. The molecule has 2 rings (SSSR count). The maximum Gasteiger partial charge on any atom is 0.303 e. The van der Waals surface area contributed by atoms with Crippen LogP contribution in [-0.2, 0) is 9.59 Å². The average molecular weight is 267 g/mol. The quantitative estimate of drug-likeness (QED) is 0.598. The standard InChI is InChI=1S/C15H25NO3/c17-14(18)6-4-2-1-3-5-9-16-15(19)13-10-12(13)11-7-8-11/h11-13H,1-10H2,(H,16,19)(H,17,18). The number of hydrogen-bond acceptors (Lipinski definition) is 2. The van der Waals surface area contributed by atoms with E-state index in [2.05, 4.69) is 5.32 Å². The van der Waals surface area contributed by atoms with Crippen LogP contribution in [0.5, 0.6) is 0 Å². The summed E-state index contributed by atoms with van der Waals surface area (Å²) in [7, 11) is 0. The number of aliphatic carboxylic acids is 1. The first-order valence-electron chi connectivity index (χ1n) is 7.68. The topological polar surface area (TPSA) is 66.4 Å². The van der Waals surface area contributed by atoms with Crippen molar-refractivity contribution < 1.29 is 14.7 Å². The molecule has 2 N–H and O–H groups in total. The van der Waals surface area contributed by atoms with Crippen molar-refractivity contribution in [2.24, 2.45) is 17.8 Å².